The maximum absolute atomic E-state index is 11.5. The van der Waals surface area contributed by atoms with E-state index in [2.05, 4.69) is 27.4 Å². The molecule has 0 radical (unpaired) electrons. The molecule has 1 aliphatic rings. The van der Waals surface area contributed by atoms with Crippen molar-refractivity contribution in [3.63, 3.8) is 0 Å². The van der Waals surface area contributed by atoms with Crippen LogP contribution in [-0.2, 0) is 10.5 Å². The summed E-state index contributed by atoms with van der Waals surface area (Å²) in [5.41, 5.74) is 2.01. The average molecular weight is 436 g/mol. The molecule has 30 heavy (non-hydrogen) atoms. The van der Waals surface area contributed by atoms with Crippen molar-refractivity contribution < 1.29 is 18.6 Å². The number of aromatic nitrogens is 2. The quantitative estimate of drug-likeness (QED) is 0.549. The molecule has 1 aromatic carbocycles. The first-order chi connectivity index (χ1) is 14.3. The van der Waals surface area contributed by atoms with Gasteiger partial charge in [-0.2, -0.15) is 10.6 Å². The Balaban J connectivity index is 1.95. The molecule has 2 aromatic rings. The van der Waals surface area contributed by atoms with Crippen LogP contribution in [0.4, 0.5) is 16.3 Å². The summed E-state index contributed by atoms with van der Waals surface area (Å²) < 4.78 is 26.0. The van der Waals surface area contributed by atoms with E-state index < -0.39 is 10.6 Å². The van der Waals surface area contributed by atoms with Gasteiger partial charge in [0, 0.05) is 36.7 Å². The van der Waals surface area contributed by atoms with E-state index in [0.29, 0.717) is 37.0 Å². The van der Waals surface area contributed by atoms with Gasteiger partial charge in [0.1, 0.15) is 5.82 Å². The van der Waals surface area contributed by atoms with E-state index >= 15 is 0 Å². The van der Waals surface area contributed by atoms with Gasteiger partial charge in [0.15, 0.2) is 5.82 Å². The molecule has 0 spiro atoms. The second kappa shape index (κ2) is 9.61. The normalized spacial score (nSPS) is 17.5. The number of urea groups is 1. The molecule has 164 valence electrons. The fraction of sp³-hybridized carbons (Fsp3) is 0.450. The van der Waals surface area contributed by atoms with Crippen LogP contribution in [0.3, 0.4) is 0 Å². The van der Waals surface area contributed by atoms with Crippen LogP contribution < -0.4 is 15.5 Å². The topological polar surface area (TPSA) is 120 Å². The van der Waals surface area contributed by atoms with E-state index in [1.165, 1.54) is 0 Å². The summed E-state index contributed by atoms with van der Waals surface area (Å²) in [4.78, 5) is 23.0. The monoisotopic (exact) mass is 435 g/mol. The Morgan fingerprint density at radius 2 is 2.03 bits per heavy atom. The number of carbonyl (C=O) groups excluding carboxylic acids is 1. The van der Waals surface area contributed by atoms with Crippen LogP contribution in [0.2, 0.25) is 0 Å². The molecular weight excluding hydrogens is 406 g/mol. The molecule has 3 rings (SSSR count). The zero-order valence-corrected chi connectivity index (χ0v) is 18.3. The number of nitrogens with zero attached hydrogens (tertiary/aromatic N) is 3. The Bertz CT molecular complexity index is 878. The van der Waals surface area contributed by atoms with E-state index in [1.807, 2.05) is 18.2 Å². The molecular formula is C20H29N5O4S. The molecule has 2 amide bonds. The smallest absolute Gasteiger partial charge is 0.318 e. The number of morpholine rings is 1. The van der Waals surface area contributed by atoms with Crippen LogP contribution in [0, 0.1) is 0 Å². The van der Waals surface area contributed by atoms with Gasteiger partial charge in [-0.05, 0) is 38.1 Å². The lowest BCUT2D eigenvalue weighted by Gasteiger charge is -2.35. The van der Waals surface area contributed by atoms with Gasteiger partial charge in [-0.1, -0.05) is 0 Å². The van der Waals surface area contributed by atoms with Gasteiger partial charge in [-0.15, -0.1) is 0 Å². The van der Waals surface area contributed by atoms with Crippen LogP contribution in [0.15, 0.2) is 30.3 Å². The molecule has 1 aromatic heterocycles. The van der Waals surface area contributed by atoms with Gasteiger partial charge in [0.25, 0.3) is 0 Å². The van der Waals surface area contributed by atoms with Crippen molar-refractivity contribution in [2.75, 3.05) is 42.8 Å². The van der Waals surface area contributed by atoms with Crippen molar-refractivity contribution in [3.05, 3.63) is 36.0 Å². The number of ether oxygens (including phenoxy) is 1. The number of anilines is 2. The van der Waals surface area contributed by atoms with Crippen LogP contribution in [0.5, 0.6) is 0 Å². The standard InChI is InChI=1S/C20H29N5O4S/c1-4-30(27,28)13-17-11-18(25-9-10-29-12-14(25)2)24-19(22-17)15-5-7-16(8-6-15)23-20(26)21-3/h5-8,11,14,27-28H,4,9-10,12-13H2,1-3H3,(H2,21,23,26)/t14-/m0/s1. The number of hydrogen-bond acceptors (Lipinski definition) is 7. The second-order valence-electron chi connectivity index (χ2n) is 7.18. The second-order valence-corrected chi connectivity index (χ2v) is 9.65. The molecule has 9 nitrogen and oxygen atoms in total. The Kier molecular flexibility index (Phi) is 7.14. The lowest BCUT2D eigenvalue weighted by Crippen LogP contribution is -2.44. The van der Waals surface area contributed by atoms with Crippen molar-refractivity contribution in [3.8, 4) is 11.4 Å². The SMILES string of the molecule is CCS(O)(O)Cc1cc(N2CCOC[C@@H]2C)nc(-c2ccc(NC(=O)NC)cc2)n1. The predicted octanol–water partition coefficient (Wildman–Crippen LogP) is 3.39. The van der Waals surface area contributed by atoms with Gasteiger partial charge in [-0.25, -0.2) is 14.8 Å². The summed E-state index contributed by atoms with van der Waals surface area (Å²) in [6, 6.07) is 8.89. The zero-order valence-electron chi connectivity index (χ0n) is 17.5. The van der Waals surface area contributed by atoms with E-state index in [-0.39, 0.29) is 23.6 Å². The molecule has 4 N–H and O–H groups in total. The molecule has 2 heterocycles. The number of amides is 2. The molecule has 10 heteroatoms. The Hall–Kier alpha value is -2.40. The summed E-state index contributed by atoms with van der Waals surface area (Å²) in [5.74, 6) is 1.60. The summed E-state index contributed by atoms with van der Waals surface area (Å²) in [7, 11) is -1.19. The lowest BCUT2D eigenvalue weighted by atomic mass is 10.2. The first kappa shape index (κ1) is 22.3. The first-order valence-electron chi connectivity index (χ1n) is 9.86. The third kappa shape index (κ3) is 5.60. The third-order valence-electron chi connectivity index (χ3n) is 4.90. The van der Waals surface area contributed by atoms with E-state index in [4.69, 9.17) is 9.72 Å². The minimum absolute atomic E-state index is 0.0844. The fourth-order valence-corrected chi connectivity index (χ4v) is 3.96. The van der Waals surface area contributed by atoms with Crippen molar-refractivity contribution in [1.82, 2.24) is 15.3 Å². The molecule has 0 saturated carbocycles. The summed E-state index contributed by atoms with van der Waals surface area (Å²) in [6.45, 7) is 5.75. The van der Waals surface area contributed by atoms with E-state index in [9.17, 15) is 13.9 Å². The minimum atomic E-state index is -2.74. The third-order valence-corrected chi connectivity index (χ3v) is 6.58. The highest BCUT2D eigenvalue weighted by atomic mass is 32.3. The largest absolute Gasteiger partial charge is 0.377 e. The molecule has 1 saturated heterocycles. The van der Waals surface area contributed by atoms with Gasteiger partial charge >= 0.3 is 6.03 Å². The van der Waals surface area contributed by atoms with Crippen molar-refractivity contribution in [2.45, 2.75) is 25.6 Å². The molecule has 0 aliphatic carbocycles. The van der Waals surface area contributed by atoms with Crippen molar-refractivity contribution >= 4 is 28.1 Å². The van der Waals surface area contributed by atoms with Gasteiger partial charge in [-0.3, -0.25) is 9.11 Å². The summed E-state index contributed by atoms with van der Waals surface area (Å²) in [5, 5.41) is 5.22. The van der Waals surface area contributed by atoms with Gasteiger partial charge < -0.3 is 20.3 Å². The maximum Gasteiger partial charge on any atom is 0.318 e. The molecule has 1 aliphatic heterocycles. The number of benzene rings is 1. The Morgan fingerprint density at radius 1 is 1.30 bits per heavy atom. The van der Waals surface area contributed by atoms with E-state index in [0.717, 1.165) is 11.4 Å². The Labute approximate surface area is 178 Å². The van der Waals surface area contributed by atoms with Gasteiger partial charge in [0.2, 0.25) is 0 Å². The van der Waals surface area contributed by atoms with Crippen LogP contribution in [0.1, 0.15) is 19.5 Å². The van der Waals surface area contributed by atoms with E-state index in [1.54, 1.807) is 26.1 Å². The highest BCUT2D eigenvalue weighted by Gasteiger charge is 2.23. The first-order valence-corrected chi connectivity index (χ1v) is 11.7. The van der Waals surface area contributed by atoms with Crippen LogP contribution in [0.25, 0.3) is 11.4 Å². The molecule has 0 bridgehead atoms. The van der Waals surface area contributed by atoms with Crippen LogP contribution in [-0.4, -0.2) is 63.7 Å². The molecule has 1 fully saturated rings. The molecule has 0 unspecified atom stereocenters. The highest BCUT2D eigenvalue weighted by molar-refractivity contribution is 8.23. The van der Waals surface area contributed by atoms with Crippen molar-refractivity contribution in [1.29, 1.82) is 0 Å². The number of rotatable bonds is 6. The Morgan fingerprint density at radius 3 is 2.67 bits per heavy atom. The molecule has 1 atom stereocenters. The van der Waals surface area contributed by atoms with Crippen molar-refractivity contribution in [2.24, 2.45) is 0 Å². The van der Waals surface area contributed by atoms with Crippen LogP contribution >= 0.6 is 10.6 Å². The summed E-state index contributed by atoms with van der Waals surface area (Å²) in [6.07, 6.45) is 0. The van der Waals surface area contributed by atoms with Gasteiger partial charge in [0.05, 0.1) is 30.7 Å². The maximum atomic E-state index is 11.5. The number of carbonyl (C=O) groups is 1. The highest BCUT2D eigenvalue weighted by Crippen LogP contribution is 2.42. The minimum Gasteiger partial charge on any atom is -0.377 e. The summed E-state index contributed by atoms with van der Waals surface area (Å²) >= 11 is 0. The lowest BCUT2D eigenvalue weighted by molar-refractivity contribution is 0.0985. The number of nitrogens with one attached hydrogen (secondary N) is 2. The fourth-order valence-electron chi connectivity index (χ4n) is 3.14. The zero-order chi connectivity index (χ0) is 21.7. The number of hydrogen-bond donors (Lipinski definition) is 4. The average Bonchev–Trinajstić information content (AvgIpc) is 2.74. The predicted molar refractivity (Wildman–Crippen MR) is 120 cm³/mol.